The molecule has 1 aliphatic heterocycles. The minimum atomic E-state index is 0.157. The number of amides is 1. The number of likely N-dealkylation sites (tertiary alicyclic amines) is 1. The lowest BCUT2D eigenvalue weighted by atomic mass is 9.73. The number of fused-ring (bicyclic) bond motifs is 2. The number of carbonyl (C=O) groups is 1. The highest BCUT2D eigenvalue weighted by Gasteiger charge is 2.51. The van der Waals surface area contributed by atoms with E-state index in [1.54, 1.807) is 0 Å². The summed E-state index contributed by atoms with van der Waals surface area (Å²) in [7, 11) is 0. The van der Waals surface area contributed by atoms with Crippen molar-refractivity contribution < 1.29 is 4.79 Å². The lowest BCUT2D eigenvalue weighted by Crippen LogP contribution is -2.47. The van der Waals surface area contributed by atoms with Gasteiger partial charge in [0, 0.05) is 19.1 Å². The number of carbonyl (C=O) groups excluding carboxylic acids is 1. The smallest absolute Gasteiger partial charge is 0.227 e. The summed E-state index contributed by atoms with van der Waals surface area (Å²) in [5, 5.41) is 0. The van der Waals surface area contributed by atoms with Crippen molar-refractivity contribution in [2.45, 2.75) is 63.8 Å². The summed E-state index contributed by atoms with van der Waals surface area (Å²) in [5.74, 6) is 1.81. The van der Waals surface area contributed by atoms with E-state index in [0.29, 0.717) is 23.2 Å². The van der Waals surface area contributed by atoms with E-state index in [1.807, 2.05) is 0 Å². The average Bonchev–Trinajstić information content (AvgIpc) is 3.14. The maximum Gasteiger partial charge on any atom is 0.227 e. The highest BCUT2D eigenvalue weighted by Crippen LogP contribution is 2.50. The number of nitrogens with two attached hydrogens (primary N) is 1. The van der Waals surface area contributed by atoms with Crippen LogP contribution in [0.2, 0.25) is 0 Å². The first-order chi connectivity index (χ1) is 9.69. The zero-order chi connectivity index (χ0) is 13.7. The SMILES string of the molecule is NC1C2CCC(C2)C1C(=O)N1CCC2(CCCCC2)C1. The van der Waals surface area contributed by atoms with Crippen LogP contribution in [-0.2, 0) is 4.79 Å². The van der Waals surface area contributed by atoms with Crippen LogP contribution in [0.1, 0.15) is 57.8 Å². The molecule has 0 radical (unpaired) electrons. The number of rotatable bonds is 1. The van der Waals surface area contributed by atoms with E-state index in [0.717, 1.165) is 13.1 Å². The van der Waals surface area contributed by atoms with Crippen LogP contribution in [0.5, 0.6) is 0 Å². The Labute approximate surface area is 122 Å². The van der Waals surface area contributed by atoms with Gasteiger partial charge in [-0.3, -0.25) is 4.79 Å². The third-order valence-corrected chi connectivity index (χ3v) is 6.93. The minimum absolute atomic E-state index is 0.157. The van der Waals surface area contributed by atoms with Gasteiger partial charge in [-0.2, -0.15) is 0 Å². The maximum absolute atomic E-state index is 12.9. The molecule has 0 aromatic rings. The third-order valence-electron chi connectivity index (χ3n) is 6.93. The number of hydrogen-bond donors (Lipinski definition) is 1. The molecule has 0 aromatic carbocycles. The molecule has 2 bridgehead atoms. The van der Waals surface area contributed by atoms with Crippen molar-refractivity contribution in [1.82, 2.24) is 4.90 Å². The fraction of sp³-hybridized carbons (Fsp3) is 0.941. The van der Waals surface area contributed by atoms with E-state index >= 15 is 0 Å². The van der Waals surface area contributed by atoms with Gasteiger partial charge >= 0.3 is 0 Å². The standard InChI is InChI=1S/C17H28N2O/c18-15-13-5-4-12(10-13)14(15)16(20)19-9-8-17(11-19)6-2-1-3-7-17/h12-15H,1-11,18H2. The minimum Gasteiger partial charge on any atom is -0.342 e. The molecule has 0 aromatic heterocycles. The molecule has 20 heavy (non-hydrogen) atoms. The van der Waals surface area contributed by atoms with Crippen LogP contribution >= 0.6 is 0 Å². The molecule has 3 aliphatic carbocycles. The normalized spacial score (nSPS) is 42.5. The fourth-order valence-corrected chi connectivity index (χ4v) is 5.75. The Bertz CT molecular complexity index is 400. The van der Waals surface area contributed by atoms with Gasteiger partial charge in [0.2, 0.25) is 5.91 Å². The van der Waals surface area contributed by atoms with Gasteiger partial charge in [0.05, 0.1) is 5.92 Å². The molecule has 2 N–H and O–H groups in total. The van der Waals surface area contributed by atoms with Crippen molar-refractivity contribution >= 4 is 5.91 Å². The van der Waals surface area contributed by atoms with Crippen LogP contribution in [-0.4, -0.2) is 29.9 Å². The molecule has 3 heteroatoms. The fourth-order valence-electron chi connectivity index (χ4n) is 5.75. The first-order valence-corrected chi connectivity index (χ1v) is 8.73. The second kappa shape index (κ2) is 4.72. The maximum atomic E-state index is 12.9. The molecule has 1 saturated heterocycles. The summed E-state index contributed by atoms with van der Waals surface area (Å²) in [4.78, 5) is 15.1. The second-order valence-electron chi connectivity index (χ2n) is 8.01. The molecule has 3 nitrogen and oxygen atoms in total. The van der Waals surface area contributed by atoms with E-state index in [9.17, 15) is 4.79 Å². The van der Waals surface area contributed by atoms with Crippen LogP contribution in [0, 0.1) is 23.2 Å². The third kappa shape index (κ3) is 1.93. The Morgan fingerprint density at radius 1 is 1.05 bits per heavy atom. The molecule has 4 atom stereocenters. The summed E-state index contributed by atoms with van der Waals surface area (Å²) in [6.07, 6.45) is 11.8. The molecule has 1 amide bonds. The van der Waals surface area contributed by atoms with Crippen molar-refractivity contribution in [3.05, 3.63) is 0 Å². The first kappa shape index (κ1) is 13.1. The highest BCUT2D eigenvalue weighted by atomic mass is 16.2. The molecular weight excluding hydrogens is 248 g/mol. The predicted octanol–water partition coefficient (Wildman–Crippen LogP) is 2.54. The average molecular weight is 276 g/mol. The molecule has 4 fully saturated rings. The van der Waals surface area contributed by atoms with Crippen molar-refractivity contribution in [3.8, 4) is 0 Å². The van der Waals surface area contributed by atoms with Crippen LogP contribution in [0.4, 0.5) is 0 Å². The molecule has 1 heterocycles. The van der Waals surface area contributed by atoms with Crippen LogP contribution in [0.3, 0.4) is 0 Å². The Balaban J connectivity index is 1.45. The van der Waals surface area contributed by atoms with Crippen molar-refractivity contribution in [3.63, 3.8) is 0 Å². The summed E-state index contributed by atoms with van der Waals surface area (Å²) < 4.78 is 0. The zero-order valence-corrected chi connectivity index (χ0v) is 12.5. The zero-order valence-electron chi connectivity index (χ0n) is 12.5. The summed E-state index contributed by atoms with van der Waals surface area (Å²) in [6, 6.07) is 0.157. The Morgan fingerprint density at radius 2 is 1.80 bits per heavy atom. The molecule has 4 rings (SSSR count). The van der Waals surface area contributed by atoms with Gasteiger partial charge in [-0.1, -0.05) is 19.3 Å². The van der Waals surface area contributed by atoms with Gasteiger partial charge in [0.1, 0.15) is 0 Å². The van der Waals surface area contributed by atoms with E-state index in [1.165, 1.54) is 57.8 Å². The van der Waals surface area contributed by atoms with E-state index in [2.05, 4.69) is 4.90 Å². The van der Waals surface area contributed by atoms with Crippen molar-refractivity contribution in [1.29, 1.82) is 0 Å². The molecule has 3 saturated carbocycles. The Kier molecular flexibility index (Phi) is 3.10. The molecular formula is C17H28N2O. The van der Waals surface area contributed by atoms with Gasteiger partial charge in [-0.25, -0.2) is 0 Å². The topological polar surface area (TPSA) is 46.3 Å². The van der Waals surface area contributed by atoms with Gasteiger partial charge in [0.25, 0.3) is 0 Å². The lowest BCUT2D eigenvalue weighted by molar-refractivity contribution is -0.137. The highest BCUT2D eigenvalue weighted by molar-refractivity contribution is 5.81. The van der Waals surface area contributed by atoms with Crippen LogP contribution < -0.4 is 5.73 Å². The Morgan fingerprint density at radius 3 is 2.50 bits per heavy atom. The van der Waals surface area contributed by atoms with Crippen LogP contribution in [0.15, 0.2) is 0 Å². The summed E-state index contributed by atoms with van der Waals surface area (Å²) in [6.45, 7) is 2.03. The monoisotopic (exact) mass is 276 g/mol. The summed E-state index contributed by atoms with van der Waals surface area (Å²) >= 11 is 0. The van der Waals surface area contributed by atoms with Gasteiger partial charge in [0.15, 0.2) is 0 Å². The number of hydrogen-bond acceptors (Lipinski definition) is 2. The molecule has 4 unspecified atom stereocenters. The lowest BCUT2D eigenvalue weighted by Gasteiger charge is -2.35. The van der Waals surface area contributed by atoms with Gasteiger partial charge in [-0.05, 0) is 55.8 Å². The number of nitrogens with zero attached hydrogens (tertiary/aromatic N) is 1. The molecule has 4 aliphatic rings. The molecule has 112 valence electrons. The largest absolute Gasteiger partial charge is 0.342 e. The molecule has 1 spiro atoms. The van der Waals surface area contributed by atoms with Crippen molar-refractivity contribution in [2.75, 3.05) is 13.1 Å². The second-order valence-corrected chi connectivity index (χ2v) is 8.01. The van der Waals surface area contributed by atoms with Crippen molar-refractivity contribution in [2.24, 2.45) is 28.9 Å². The van der Waals surface area contributed by atoms with Gasteiger partial charge in [-0.15, -0.1) is 0 Å². The van der Waals surface area contributed by atoms with Crippen LogP contribution in [0.25, 0.3) is 0 Å². The summed E-state index contributed by atoms with van der Waals surface area (Å²) in [5.41, 5.74) is 6.84. The van der Waals surface area contributed by atoms with E-state index in [4.69, 9.17) is 5.73 Å². The Hall–Kier alpha value is -0.570. The van der Waals surface area contributed by atoms with E-state index in [-0.39, 0.29) is 12.0 Å². The first-order valence-electron chi connectivity index (χ1n) is 8.73. The van der Waals surface area contributed by atoms with E-state index < -0.39 is 0 Å². The quantitative estimate of drug-likeness (QED) is 0.800. The predicted molar refractivity (Wildman–Crippen MR) is 79.0 cm³/mol. The van der Waals surface area contributed by atoms with Gasteiger partial charge < -0.3 is 10.6 Å².